The number of rotatable bonds is 10. The minimum absolute atomic E-state index is 0.101. The third-order valence-electron chi connectivity index (χ3n) is 6.91. The van der Waals surface area contributed by atoms with Gasteiger partial charge in [0.1, 0.15) is 29.8 Å². The highest BCUT2D eigenvalue weighted by Crippen LogP contribution is 2.31. The van der Waals surface area contributed by atoms with Crippen molar-refractivity contribution in [2.75, 3.05) is 19.5 Å². The highest BCUT2D eigenvalue weighted by Gasteiger charge is 2.16. The van der Waals surface area contributed by atoms with Gasteiger partial charge in [0.05, 0.1) is 40.5 Å². The van der Waals surface area contributed by atoms with Crippen LogP contribution in [0.4, 0.5) is 14.5 Å². The van der Waals surface area contributed by atoms with E-state index >= 15 is 4.39 Å². The average molecular weight is 569 g/mol. The molecule has 5 aromatic rings. The molecule has 1 heterocycles. The van der Waals surface area contributed by atoms with Crippen LogP contribution in [0.2, 0.25) is 0 Å². The van der Waals surface area contributed by atoms with Crippen molar-refractivity contribution in [1.82, 2.24) is 9.55 Å². The number of imidazole rings is 1. The molecule has 0 saturated carbocycles. The Balaban J connectivity index is 1.39. The van der Waals surface area contributed by atoms with Crippen molar-refractivity contribution in [3.05, 3.63) is 113 Å². The van der Waals surface area contributed by atoms with E-state index in [1.807, 2.05) is 10.6 Å². The molecule has 0 unspecified atom stereocenters. The number of carboxylic acids is 1. The Hall–Kier alpha value is -5.27. The number of nitrogens with two attached hydrogens (primary N) is 1. The molecule has 1 aromatic heterocycles. The first-order chi connectivity index (χ1) is 20.3. The number of benzene rings is 4. The summed E-state index contributed by atoms with van der Waals surface area (Å²) in [5.74, 6) is -1.15. The zero-order chi connectivity index (χ0) is 29.8. The van der Waals surface area contributed by atoms with E-state index in [4.69, 9.17) is 20.5 Å². The Morgan fingerprint density at radius 2 is 1.74 bits per heavy atom. The Morgan fingerprint density at radius 1 is 1.00 bits per heavy atom. The second-order valence-corrected chi connectivity index (χ2v) is 9.62. The predicted octanol–water partition coefficient (Wildman–Crippen LogP) is 5.95. The SMILES string of the molecule is COCCn1c(Cc2ccc(-c3ccc(N)c(OCc4ccc(C#N)cc4F)c3)cc2F)nc2ccc(C(=O)O)cc21. The van der Waals surface area contributed by atoms with E-state index in [0.29, 0.717) is 58.1 Å². The molecule has 10 heteroatoms. The summed E-state index contributed by atoms with van der Waals surface area (Å²) in [7, 11) is 1.57. The van der Waals surface area contributed by atoms with Gasteiger partial charge in [0.25, 0.3) is 0 Å². The number of aromatic nitrogens is 2. The van der Waals surface area contributed by atoms with Gasteiger partial charge in [-0.1, -0.05) is 24.3 Å². The summed E-state index contributed by atoms with van der Waals surface area (Å²) in [5.41, 5.74) is 9.92. The van der Waals surface area contributed by atoms with Crippen molar-refractivity contribution >= 4 is 22.7 Å². The van der Waals surface area contributed by atoms with Crippen molar-refractivity contribution in [3.8, 4) is 22.9 Å². The molecule has 0 fully saturated rings. The number of anilines is 1. The van der Waals surface area contributed by atoms with Crippen LogP contribution < -0.4 is 10.5 Å². The van der Waals surface area contributed by atoms with E-state index in [2.05, 4.69) is 4.98 Å². The monoisotopic (exact) mass is 568 g/mol. The molecule has 0 amide bonds. The topological polar surface area (TPSA) is 123 Å². The molecule has 0 aliphatic heterocycles. The molecular weight excluding hydrogens is 542 g/mol. The van der Waals surface area contributed by atoms with Crippen molar-refractivity contribution in [2.45, 2.75) is 19.6 Å². The molecule has 212 valence electrons. The van der Waals surface area contributed by atoms with Crippen LogP contribution in [0.15, 0.2) is 72.8 Å². The number of carboxylic acid groups (broad SMARTS) is 1. The third-order valence-corrected chi connectivity index (χ3v) is 6.91. The lowest BCUT2D eigenvalue weighted by Gasteiger charge is -2.13. The van der Waals surface area contributed by atoms with Crippen molar-refractivity contribution in [1.29, 1.82) is 5.26 Å². The second-order valence-electron chi connectivity index (χ2n) is 9.62. The lowest BCUT2D eigenvalue weighted by molar-refractivity contribution is 0.0697. The first-order valence-corrected chi connectivity index (χ1v) is 13.0. The number of hydrogen-bond acceptors (Lipinski definition) is 6. The molecule has 42 heavy (non-hydrogen) atoms. The Morgan fingerprint density at radius 3 is 2.45 bits per heavy atom. The number of methoxy groups -OCH3 is 1. The minimum Gasteiger partial charge on any atom is -0.487 e. The summed E-state index contributed by atoms with van der Waals surface area (Å²) < 4.78 is 42.5. The first kappa shape index (κ1) is 28.3. The molecule has 0 aliphatic rings. The normalized spacial score (nSPS) is 11.0. The zero-order valence-electron chi connectivity index (χ0n) is 22.6. The van der Waals surface area contributed by atoms with Crippen molar-refractivity contribution < 1.29 is 28.2 Å². The molecule has 0 aliphatic carbocycles. The maximum Gasteiger partial charge on any atom is 0.335 e. The quantitative estimate of drug-likeness (QED) is 0.200. The third kappa shape index (κ3) is 5.92. The van der Waals surface area contributed by atoms with Gasteiger partial charge >= 0.3 is 5.97 Å². The molecular formula is C32H26F2N4O4. The molecule has 0 saturated heterocycles. The summed E-state index contributed by atoms with van der Waals surface area (Å²) in [4.78, 5) is 16.1. The highest BCUT2D eigenvalue weighted by atomic mass is 19.1. The van der Waals surface area contributed by atoms with Gasteiger partial charge in [-0.3, -0.25) is 0 Å². The summed E-state index contributed by atoms with van der Waals surface area (Å²) >= 11 is 0. The lowest BCUT2D eigenvalue weighted by Crippen LogP contribution is -2.10. The number of carbonyl (C=O) groups is 1. The number of aromatic carboxylic acids is 1. The zero-order valence-corrected chi connectivity index (χ0v) is 22.6. The van der Waals surface area contributed by atoms with Crippen LogP contribution >= 0.6 is 0 Å². The van der Waals surface area contributed by atoms with E-state index in [9.17, 15) is 14.3 Å². The van der Waals surface area contributed by atoms with Crippen LogP contribution in [0.25, 0.3) is 22.2 Å². The molecule has 3 N–H and O–H groups in total. The number of halogens is 2. The number of nitrogen functional groups attached to an aromatic ring is 1. The predicted molar refractivity (Wildman–Crippen MR) is 153 cm³/mol. The highest BCUT2D eigenvalue weighted by molar-refractivity contribution is 5.92. The number of nitriles is 1. The lowest BCUT2D eigenvalue weighted by atomic mass is 10.0. The fraction of sp³-hybridized carbons (Fsp3) is 0.156. The van der Waals surface area contributed by atoms with Crippen molar-refractivity contribution in [2.24, 2.45) is 0 Å². The molecule has 0 radical (unpaired) electrons. The van der Waals surface area contributed by atoms with Gasteiger partial charge in [0.2, 0.25) is 0 Å². The summed E-state index contributed by atoms with van der Waals surface area (Å²) in [5, 5.41) is 18.3. The fourth-order valence-corrected chi connectivity index (χ4v) is 4.64. The Labute approximate surface area is 240 Å². The number of hydrogen-bond donors (Lipinski definition) is 2. The van der Waals surface area contributed by atoms with Crippen LogP contribution in [-0.2, 0) is 24.3 Å². The van der Waals surface area contributed by atoms with E-state index in [0.717, 1.165) is 6.07 Å². The van der Waals surface area contributed by atoms with Crippen LogP contribution in [-0.4, -0.2) is 34.3 Å². The van der Waals surface area contributed by atoms with Gasteiger partial charge in [-0.05, 0) is 65.2 Å². The van der Waals surface area contributed by atoms with Gasteiger partial charge in [-0.2, -0.15) is 5.26 Å². The van der Waals surface area contributed by atoms with Crippen LogP contribution in [0.1, 0.15) is 32.9 Å². The molecule has 0 atom stereocenters. The molecule has 0 bridgehead atoms. The number of fused-ring (bicyclic) bond motifs is 1. The van der Waals surface area contributed by atoms with Crippen molar-refractivity contribution in [3.63, 3.8) is 0 Å². The standard InChI is InChI=1S/C32H26F2N4O4/c1-41-11-10-38-29-14-23(32(39)40)7-9-28(29)37-31(38)16-22-5-4-20(13-26(22)34)21-6-8-27(36)30(15-21)42-18-24-3-2-19(17-35)12-25(24)33/h2-9,12-15H,10-11,16,18,36H2,1H3,(H,39,40). The number of ether oxygens (including phenoxy) is 2. The van der Waals surface area contributed by atoms with Gasteiger partial charge in [0.15, 0.2) is 0 Å². The second kappa shape index (κ2) is 12.1. The van der Waals surface area contributed by atoms with E-state index in [1.54, 1.807) is 49.6 Å². The van der Waals surface area contributed by atoms with E-state index in [-0.39, 0.29) is 29.7 Å². The van der Waals surface area contributed by atoms with Gasteiger partial charge in [-0.25, -0.2) is 18.6 Å². The van der Waals surface area contributed by atoms with Crippen LogP contribution in [0, 0.1) is 23.0 Å². The molecule has 5 rings (SSSR count). The first-order valence-electron chi connectivity index (χ1n) is 13.0. The summed E-state index contributed by atoms with van der Waals surface area (Å²) in [6.45, 7) is 0.693. The Kier molecular flexibility index (Phi) is 8.13. The van der Waals surface area contributed by atoms with E-state index in [1.165, 1.54) is 24.3 Å². The molecule has 4 aromatic carbocycles. The molecule has 0 spiro atoms. The van der Waals surface area contributed by atoms with Gasteiger partial charge in [0, 0.05) is 25.6 Å². The van der Waals surface area contributed by atoms with Crippen LogP contribution in [0.3, 0.4) is 0 Å². The summed E-state index contributed by atoms with van der Waals surface area (Å²) in [6.07, 6.45) is 0.180. The Bertz CT molecular complexity index is 1850. The summed E-state index contributed by atoms with van der Waals surface area (Å²) in [6, 6.07) is 20.6. The largest absolute Gasteiger partial charge is 0.487 e. The maximum atomic E-state index is 15.4. The van der Waals surface area contributed by atoms with Crippen LogP contribution in [0.5, 0.6) is 5.75 Å². The number of nitrogens with zero attached hydrogens (tertiary/aromatic N) is 3. The van der Waals surface area contributed by atoms with Gasteiger partial charge in [-0.15, -0.1) is 0 Å². The van der Waals surface area contributed by atoms with E-state index < -0.39 is 17.6 Å². The fourth-order valence-electron chi connectivity index (χ4n) is 4.64. The maximum absolute atomic E-state index is 15.4. The minimum atomic E-state index is -1.04. The smallest absolute Gasteiger partial charge is 0.335 e. The molecule has 8 nitrogen and oxygen atoms in total. The average Bonchev–Trinajstić information content (AvgIpc) is 3.33. The van der Waals surface area contributed by atoms with Gasteiger partial charge < -0.3 is 24.9 Å².